The Morgan fingerprint density at radius 2 is 1.88 bits per heavy atom. The van der Waals surface area contributed by atoms with Crippen LogP contribution < -0.4 is 0 Å². The van der Waals surface area contributed by atoms with Crippen molar-refractivity contribution in [3.8, 4) is 0 Å². The van der Waals surface area contributed by atoms with Gasteiger partial charge >= 0.3 is 0 Å². The molecule has 0 unspecified atom stereocenters. The first kappa shape index (κ1) is 21.3. The Balaban J connectivity index is 1.57. The Morgan fingerprint density at radius 3 is 2.64 bits per heavy atom. The largest absolute Gasteiger partial charge is 0.342 e. The number of aromatic nitrogens is 1. The van der Waals surface area contributed by atoms with E-state index in [9.17, 15) is 17.6 Å². The number of hydrogen-bond acceptors (Lipinski definition) is 6. The number of nitrogens with zero attached hydrogens (tertiary/aromatic N) is 4. The lowest BCUT2D eigenvalue weighted by atomic mass is 10.1. The van der Waals surface area contributed by atoms with Crippen molar-refractivity contribution in [2.45, 2.75) is 6.54 Å². The van der Waals surface area contributed by atoms with Crippen LogP contribution in [0.1, 0.15) is 11.1 Å². The number of sulfone groups is 1. The van der Waals surface area contributed by atoms with E-state index in [1.807, 2.05) is 28.8 Å². The second kappa shape index (κ2) is 7.78. The summed E-state index contributed by atoms with van der Waals surface area (Å²) in [4.78, 5) is 16.6. The molecule has 0 spiro atoms. The summed E-state index contributed by atoms with van der Waals surface area (Å²) in [5.74, 6) is -1.23. The first-order chi connectivity index (χ1) is 15.7. The minimum atomic E-state index is -3.61. The zero-order chi connectivity index (χ0) is 23.3. The van der Waals surface area contributed by atoms with Crippen LogP contribution >= 0.6 is 11.8 Å². The van der Waals surface area contributed by atoms with Gasteiger partial charge in [0.05, 0.1) is 12.1 Å². The molecule has 33 heavy (non-hydrogen) atoms. The summed E-state index contributed by atoms with van der Waals surface area (Å²) in [5.41, 5.74) is 1.98. The first-order valence-corrected chi connectivity index (χ1v) is 12.4. The summed E-state index contributed by atoms with van der Waals surface area (Å²) in [5, 5.41) is 14.3. The predicted octanol–water partition coefficient (Wildman–Crippen LogP) is 3.45. The number of carbonyl (C=O) groups is 1. The summed E-state index contributed by atoms with van der Waals surface area (Å²) in [6.07, 6.45) is 4.32. The number of amides is 1. The van der Waals surface area contributed by atoms with Crippen molar-refractivity contribution in [2.75, 3.05) is 6.26 Å². The van der Waals surface area contributed by atoms with E-state index in [0.29, 0.717) is 11.1 Å². The van der Waals surface area contributed by atoms with Gasteiger partial charge in [0.15, 0.2) is 5.84 Å². The van der Waals surface area contributed by atoms with Crippen LogP contribution in [0.15, 0.2) is 70.4 Å². The highest BCUT2D eigenvalue weighted by molar-refractivity contribution is 8.42. The number of aliphatic imine (C=N–C) groups is 1. The molecule has 0 saturated heterocycles. The summed E-state index contributed by atoms with van der Waals surface area (Å²) >= 11 is 0.736. The van der Waals surface area contributed by atoms with Crippen LogP contribution in [0.4, 0.5) is 4.39 Å². The van der Waals surface area contributed by atoms with Gasteiger partial charge in [-0.2, -0.15) is 10.0 Å². The maximum Gasteiger partial charge on any atom is 0.283 e. The first-order valence-electron chi connectivity index (χ1n) is 9.74. The molecule has 3 aromatic rings. The van der Waals surface area contributed by atoms with E-state index in [-0.39, 0.29) is 33.3 Å². The Kier molecular flexibility index (Phi) is 5.02. The maximum atomic E-state index is 14.2. The van der Waals surface area contributed by atoms with Crippen molar-refractivity contribution < 1.29 is 17.6 Å². The molecule has 0 aliphatic carbocycles. The van der Waals surface area contributed by atoms with Crippen molar-refractivity contribution in [3.05, 3.63) is 77.2 Å². The average Bonchev–Trinajstić information content (AvgIpc) is 3.35. The Labute approximate surface area is 192 Å². The van der Waals surface area contributed by atoms with Crippen molar-refractivity contribution in [1.29, 1.82) is 5.41 Å². The van der Waals surface area contributed by atoms with Gasteiger partial charge in [-0.1, -0.05) is 36.4 Å². The normalized spacial score (nSPS) is 17.5. The fraction of sp³-hybridized carbons (Fsp3) is 0.0909. The van der Waals surface area contributed by atoms with E-state index >= 15 is 0 Å². The SMILES string of the molecule is CS(=O)(=O)C1=NN2C(=N)/C(=C/c3cn(Cc4ccccc4F)c4ccccc34)C(=O)N=C2S1. The highest BCUT2D eigenvalue weighted by Crippen LogP contribution is 2.31. The van der Waals surface area contributed by atoms with Crippen molar-refractivity contribution in [1.82, 2.24) is 9.58 Å². The fourth-order valence-electron chi connectivity index (χ4n) is 3.61. The van der Waals surface area contributed by atoms with Crippen LogP contribution in [0.2, 0.25) is 0 Å². The van der Waals surface area contributed by atoms with Crippen molar-refractivity contribution >= 4 is 59.9 Å². The Hall–Kier alpha value is -3.57. The van der Waals surface area contributed by atoms with Gasteiger partial charge in [-0.15, -0.1) is 5.10 Å². The zero-order valence-electron chi connectivity index (χ0n) is 17.2. The van der Waals surface area contributed by atoms with Gasteiger partial charge in [0.25, 0.3) is 5.91 Å². The lowest BCUT2D eigenvalue weighted by Gasteiger charge is -2.19. The summed E-state index contributed by atoms with van der Waals surface area (Å²) < 4.78 is 39.5. The standard InChI is InChI=1S/C22H16FN5O3S2/c1-33(30,31)22-26-28-19(24)16(20(29)25-21(28)32-22)10-14-12-27(18-9-5-3-7-15(14)18)11-13-6-2-4-8-17(13)23/h2-10,12,24H,11H2,1H3/b16-10-,24-19?. The predicted molar refractivity (Wildman–Crippen MR) is 127 cm³/mol. The molecule has 0 radical (unpaired) electrons. The molecule has 0 atom stereocenters. The van der Waals surface area contributed by atoms with Gasteiger partial charge in [0.1, 0.15) is 5.82 Å². The number of hydrazone groups is 1. The quantitative estimate of drug-likeness (QED) is 0.577. The van der Waals surface area contributed by atoms with E-state index in [1.165, 1.54) is 12.1 Å². The highest BCUT2D eigenvalue weighted by atomic mass is 32.3. The minimum absolute atomic E-state index is 0.0216. The van der Waals surface area contributed by atoms with Crippen LogP contribution in [-0.4, -0.2) is 45.5 Å². The third-order valence-corrected chi connectivity index (χ3v) is 7.75. The molecule has 1 N–H and O–H groups in total. The van der Waals surface area contributed by atoms with E-state index in [0.717, 1.165) is 33.9 Å². The van der Waals surface area contributed by atoms with Crippen LogP contribution in [0.5, 0.6) is 0 Å². The number of hydrogen-bond donors (Lipinski definition) is 1. The molecule has 11 heteroatoms. The topological polar surface area (TPSA) is 108 Å². The molecule has 8 nitrogen and oxygen atoms in total. The van der Waals surface area contributed by atoms with E-state index in [2.05, 4.69) is 10.1 Å². The number of thioether (sulfide) groups is 1. The van der Waals surface area contributed by atoms with Crippen molar-refractivity contribution in [3.63, 3.8) is 0 Å². The zero-order valence-corrected chi connectivity index (χ0v) is 18.8. The molecule has 0 bridgehead atoms. The second-order valence-electron chi connectivity index (χ2n) is 7.48. The number of amidine groups is 2. The number of rotatable bonds is 3. The lowest BCUT2D eigenvalue weighted by molar-refractivity contribution is -0.114. The van der Waals surface area contributed by atoms with Crippen LogP contribution in [0, 0.1) is 11.2 Å². The van der Waals surface area contributed by atoms with Gasteiger partial charge < -0.3 is 4.57 Å². The molecule has 2 aliphatic heterocycles. The van der Waals surface area contributed by atoms with Gasteiger partial charge in [-0.05, 0) is 30.0 Å². The maximum absolute atomic E-state index is 14.2. The number of para-hydroxylation sites is 1. The van der Waals surface area contributed by atoms with Gasteiger partial charge in [-0.3, -0.25) is 10.2 Å². The Bertz CT molecular complexity index is 1550. The van der Waals surface area contributed by atoms with Gasteiger partial charge in [0, 0.05) is 34.5 Å². The second-order valence-corrected chi connectivity index (χ2v) is 10.6. The summed E-state index contributed by atoms with van der Waals surface area (Å²) in [6, 6.07) is 14.0. The molecule has 2 aliphatic rings. The minimum Gasteiger partial charge on any atom is -0.342 e. The van der Waals surface area contributed by atoms with E-state index in [1.54, 1.807) is 24.4 Å². The summed E-state index contributed by atoms with van der Waals surface area (Å²) in [6.45, 7) is 0.287. The van der Waals surface area contributed by atoms with Gasteiger partial charge in [0.2, 0.25) is 19.4 Å². The molecule has 166 valence electrons. The fourth-order valence-corrected chi connectivity index (χ4v) is 5.30. The number of carbonyl (C=O) groups excluding carboxylic acids is 1. The number of benzene rings is 2. The highest BCUT2D eigenvalue weighted by Gasteiger charge is 2.38. The molecule has 1 amide bonds. The summed E-state index contributed by atoms with van der Waals surface area (Å²) in [7, 11) is -3.61. The number of nitrogens with one attached hydrogen (secondary N) is 1. The molecule has 3 heterocycles. The number of halogens is 1. The monoisotopic (exact) mass is 481 g/mol. The van der Waals surface area contributed by atoms with E-state index < -0.39 is 15.7 Å². The lowest BCUT2D eigenvalue weighted by Crippen LogP contribution is -2.35. The van der Waals surface area contributed by atoms with Crippen LogP contribution in [0.25, 0.3) is 17.0 Å². The van der Waals surface area contributed by atoms with Crippen molar-refractivity contribution in [2.24, 2.45) is 10.1 Å². The molecular formula is C22H16FN5O3S2. The van der Waals surface area contributed by atoms with Gasteiger partial charge in [-0.25, -0.2) is 12.8 Å². The Morgan fingerprint density at radius 1 is 1.15 bits per heavy atom. The smallest absolute Gasteiger partial charge is 0.283 e. The molecule has 0 saturated carbocycles. The molecule has 0 fully saturated rings. The number of fused-ring (bicyclic) bond motifs is 2. The third-order valence-electron chi connectivity index (χ3n) is 5.17. The van der Waals surface area contributed by atoms with Crippen LogP contribution in [-0.2, 0) is 21.2 Å². The molecular weight excluding hydrogens is 465 g/mol. The van der Waals surface area contributed by atoms with E-state index in [4.69, 9.17) is 5.41 Å². The third kappa shape index (κ3) is 3.79. The average molecular weight is 482 g/mol. The molecule has 1 aromatic heterocycles. The molecule has 5 rings (SSSR count). The van der Waals surface area contributed by atoms with Crippen LogP contribution in [0.3, 0.4) is 0 Å². The molecule has 2 aromatic carbocycles.